The molecule has 1 aliphatic carbocycles. The molecule has 0 spiro atoms. The molecule has 0 unspecified atom stereocenters. The minimum atomic E-state index is -0.0934. The average molecular weight is 448 g/mol. The minimum Gasteiger partial charge on any atom is -0.337 e. The molecule has 1 saturated carbocycles. The number of aliphatic imine (C=N–C) groups is 1. The van der Waals surface area contributed by atoms with Gasteiger partial charge in [0.15, 0.2) is 0 Å². The fourth-order valence-electron chi connectivity index (χ4n) is 5.12. The van der Waals surface area contributed by atoms with E-state index in [1.165, 1.54) is 5.56 Å². The van der Waals surface area contributed by atoms with Crippen molar-refractivity contribution in [3.8, 4) is 0 Å². The number of nitrogens with zero attached hydrogens (tertiary/aromatic N) is 5. The maximum absolute atomic E-state index is 12.3. The molecule has 0 bridgehead atoms. The van der Waals surface area contributed by atoms with E-state index in [1.54, 1.807) is 4.90 Å². The second-order valence-electron chi connectivity index (χ2n) is 9.31. The molecule has 0 radical (unpaired) electrons. The first-order valence-corrected chi connectivity index (χ1v) is 11.5. The summed E-state index contributed by atoms with van der Waals surface area (Å²) in [6.45, 7) is 6.48. The largest absolute Gasteiger partial charge is 0.337 e. The van der Waals surface area contributed by atoms with Crippen LogP contribution in [0.3, 0.4) is 0 Å². The first-order chi connectivity index (χ1) is 16.5. The van der Waals surface area contributed by atoms with Crippen LogP contribution in [-0.2, 0) is 12.0 Å². The van der Waals surface area contributed by atoms with E-state index in [9.17, 15) is 4.79 Å². The molecule has 1 amide bonds. The summed E-state index contributed by atoms with van der Waals surface area (Å²) in [7, 11) is 1.84. The van der Waals surface area contributed by atoms with Crippen LogP contribution in [-0.4, -0.2) is 39.1 Å². The molecule has 168 valence electrons. The Hall–Kier alpha value is -4.06. The number of hydrogen-bond donors (Lipinski definition) is 0. The van der Waals surface area contributed by atoms with E-state index in [0.717, 1.165) is 51.7 Å². The molecule has 0 atom stereocenters. The van der Waals surface area contributed by atoms with Crippen LogP contribution in [0.2, 0.25) is 0 Å². The lowest BCUT2D eigenvalue weighted by Crippen LogP contribution is -2.17. The number of rotatable bonds is 5. The van der Waals surface area contributed by atoms with Gasteiger partial charge >= 0.3 is 0 Å². The van der Waals surface area contributed by atoms with Gasteiger partial charge in [0.25, 0.3) is 5.91 Å². The fraction of sp³-hybridized carbons (Fsp3) is 0.214. The Morgan fingerprint density at radius 3 is 2.79 bits per heavy atom. The number of imidazole rings is 1. The molecular weight excluding hydrogens is 422 g/mol. The number of amides is 1. The van der Waals surface area contributed by atoms with E-state index in [-0.39, 0.29) is 11.3 Å². The van der Waals surface area contributed by atoms with Crippen LogP contribution in [0.15, 0.2) is 65.9 Å². The number of benzene rings is 2. The van der Waals surface area contributed by atoms with Gasteiger partial charge in [0.2, 0.25) is 5.95 Å². The number of pyridine rings is 1. The Bertz CT molecular complexity index is 1510. The molecule has 6 rings (SSSR count). The normalized spacial score (nSPS) is 16.7. The maximum atomic E-state index is 12.3. The van der Waals surface area contributed by atoms with E-state index in [4.69, 9.17) is 0 Å². The van der Waals surface area contributed by atoms with Crippen molar-refractivity contribution in [2.75, 3.05) is 7.05 Å². The molecule has 2 aromatic carbocycles. The van der Waals surface area contributed by atoms with Gasteiger partial charge in [-0.1, -0.05) is 18.2 Å². The highest BCUT2D eigenvalue weighted by atomic mass is 16.2. The molecular formula is C28H25N5O. The molecule has 0 saturated heterocycles. The second kappa shape index (κ2) is 7.48. The van der Waals surface area contributed by atoms with Crippen LogP contribution in [0.4, 0.5) is 5.95 Å². The average Bonchev–Trinajstić information content (AvgIpc) is 3.49. The Morgan fingerprint density at radius 1 is 1.15 bits per heavy atom. The van der Waals surface area contributed by atoms with Crippen molar-refractivity contribution in [3.05, 3.63) is 88.9 Å². The lowest BCUT2D eigenvalue weighted by atomic mass is 9.91. The van der Waals surface area contributed by atoms with E-state index in [1.807, 2.05) is 37.6 Å². The predicted molar refractivity (Wildman–Crippen MR) is 135 cm³/mol. The Morgan fingerprint density at radius 2 is 2.00 bits per heavy atom. The smallest absolute Gasteiger partial charge is 0.254 e. The van der Waals surface area contributed by atoms with Gasteiger partial charge in [-0.05, 0) is 79.1 Å². The number of hydrogen-bond acceptors (Lipinski definition) is 4. The zero-order valence-electron chi connectivity index (χ0n) is 19.3. The van der Waals surface area contributed by atoms with Crippen LogP contribution < -0.4 is 0 Å². The lowest BCUT2D eigenvalue weighted by molar-refractivity contribution is 0.0816. The Labute approximate surface area is 198 Å². The number of allylic oxidation sites excluding steroid dienone is 1. The molecule has 4 aromatic rings. The summed E-state index contributed by atoms with van der Waals surface area (Å²) in [6, 6.07) is 16.7. The minimum absolute atomic E-state index is 0.0829. The van der Waals surface area contributed by atoms with Gasteiger partial charge < -0.3 is 4.90 Å². The van der Waals surface area contributed by atoms with Gasteiger partial charge in [-0.2, -0.15) is 0 Å². The highest BCUT2D eigenvalue weighted by Gasteiger charge is 2.48. The van der Waals surface area contributed by atoms with Gasteiger partial charge in [-0.3, -0.25) is 14.3 Å². The molecule has 1 fully saturated rings. The van der Waals surface area contributed by atoms with E-state index >= 15 is 0 Å². The van der Waals surface area contributed by atoms with E-state index in [2.05, 4.69) is 69.7 Å². The highest BCUT2D eigenvalue weighted by molar-refractivity contribution is 5.98. The van der Waals surface area contributed by atoms with Crippen LogP contribution in [0, 0.1) is 0 Å². The van der Waals surface area contributed by atoms with Crippen molar-refractivity contribution in [1.29, 1.82) is 0 Å². The third-order valence-corrected chi connectivity index (χ3v) is 7.18. The summed E-state index contributed by atoms with van der Waals surface area (Å²) in [5.41, 5.74) is 7.31. The summed E-state index contributed by atoms with van der Waals surface area (Å²) in [6.07, 6.45) is 7.97. The summed E-state index contributed by atoms with van der Waals surface area (Å²) in [5, 5.41) is 1.14. The summed E-state index contributed by atoms with van der Waals surface area (Å²) in [4.78, 5) is 27.3. The van der Waals surface area contributed by atoms with Crippen molar-refractivity contribution in [2.45, 2.75) is 31.7 Å². The third kappa shape index (κ3) is 3.10. The van der Waals surface area contributed by atoms with Gasteiger partial charge in [-0.25, -0.2) is 9.98 Å². The fourth-order valence-corrected chi connectivity index (χ4v) is 5.12. The number of fused-ring (bicyclic) bond motifs is 2. The van der Waals surface area contributed by atoms with Gasteiger partial charge in [0.1, 0.15) is 0 Å². The van der Waals surface area contributed by atoms with Gasteiger partial charge in [0.05, 0.1) is 17.4 Å². The standard InChI is InChI=1S/C28H25N5O/c1-18(19-6-8-23-21(13-19)17-32(3)26(23)34)16-33-25(15-31-27(33)29-2)28(10-11-28)22-7-9-24-20(14-22)5-4-12-30-24/h4-9,12-16H,2,10-11,17H2,1,3H3/b18-16+. The number of carbonyl (C=O) groups is 1. The molecule has 2 aliphatic rings. The van der Waals surface area contributed by atoms with E-state index < -0.39 is 0 Å². The Balaban J connectivity index is 1.42. The molecule has 6 heteroatoms. The number of aromatic nitrogens is 3. The SMILES string of the molecule is C=Nc1ncc(C2(c3ccc4ncccc4c3)CC2)n1/C=C(\C)c1ccc2c(c1)CN(C)C2=O. The van der Waals surface area contributed by atoms with Gasteiger partial charge in [0, 0.05) is 42.4 Å². The Kier molecular flexibility index (Phi) is 4.52. The van der Waals surface area contributed by atoms with Crippen molar-refractivity contribution < 1.29 is 4.79 Å². The lowest BCUT2D eigenvalue weighted by Gasteiger charge is -2.18. The van der Waals surface area contributed by atoms with Crippen molar-refractivity contribution in [2.24, 2.45) is 4.99 Å². The molecule has 6 nitrogen and oxygen atoms in total. The topological polar surface area (TPSA) is 63.4 Å². The highest BCUT2D eigenvalue weighted by Crippen LogP contribution is 2.54. The first-order valence-electron chi connectivity index (χ1n) is 11.5. The molecule has 34 heavy (non-hydrogen) atoms. The summed E-state index contributed by atoms with van der Waals surface area (Å²) < 4.78 is 2.08. The van der Waals surface area contributed by atoms with Crippen molar-refractivity contribution in [3.63, 3.8) is 0 Å². The zero-order valence-corrected chi connectivity index (χ0v) is 19.3. The quantitative estimate of drug-likeness (QED) is 0.382. The monoisotopic (exact) mass is 447 g/mol. The molecule has 3 heterocycles. The van der Waals surface area contributed by atoms with Crippen LogP contribution in [0.1, 0.15) is 52.5 Å². The first kappa shape index (κ1) is 20.5. The third-order valence-electron chi connectivity index (χ3n) is 7.18. The predicted octanol–water partition coefficient (Wildman–Crippen LogP) is 5.45. The zero-order chi connectivity index (χ0) is 23.4. The summed E-state index contributed by atoms with van der Waals surface area (Å²) in [5.74, 6) is 0.665. The van der Waals surface area contributed by atoms with Crippen molar-refractivity contribution in [1.82, 2.24) is 19.4 Å². The summed E-state index contributed by atoms with van der Waals surface area (Å²) >= 11 is 0. The molecule has 2 aromatic heterocycles. The van der Waals surface area contributed by atoms with Crippen LogP contribution >= 0.6 is 0 Å². The maximum Gasteiger partial charge on any atom is 0.254 e. The molecule has 0 N–H and O–H groups in total. The second-order valence-corrected chi connectivity index (χ2v) is 9.31. The molecule has 1 aliphatic heterocycles. The van der Waals surface area contributed by atoms with Crippen molar-refractivity contribution >= 4 is 41.2 Å². The van der Waals surface area contributed by atoms with E-state index in [0.29, 0.717) is 12.5 Å². The van der Waals surface area contributed by atoms with Crippen LogP contribution in [0.5, 0.6) is 0 Å². The number of carbonyl (C=O) groups excluding carboxylic acids is 1. The van der Waals surface area contributed by atoms with Crippen LogP contribution in [0.25, 0.3) is 22.7 Å². The van der Waals surface area contributed by atoms with Gasteiger partial charge in [-0.15, -0.1) is 0 Å².